The highest BCUT2D eigenvalue weighted by Crippen LogP contribution is 2.23. The van der Waals surface area contributed by atoms with Gasteiger partial charge in [-0.25, -0.2) is 8.42 Å². The number of benzene rings is 2. The predicted octanol–water partition coefficient (Wildman–Crippen LogP) is 3.50. The molecule has 0 saturated carbocycles. The molecule has 26 heavy (non-hydrogen) atoms. The SMILES string of the molecule is Cc1cc(C)c([C@H](C)NC(=O)c2cccc(N(C)S(C)(=O)=O)c2)cc1C. The van der Waals surface area contributed by atoms with Crippen molar-refractivity contribution >= 4 is 21.6 Å². The standard InChI is InChI=1S/C20H26N2O3S/c1-13-10-15(3)19(11-14(13)2)16(4)21-20(23)17-8-7-9-18(12-17)22(5)26(6,24)25/h7-12,16H,1-6H3,(H,21,23)/t16-/m0/s1. The van der Waals surface area contributed by atoms with Gasteiger partial charge < -0.3 is 5.32 Å². The van der Waals surface area contributed by atoms with E-state index in [1.165, 1.54) is 18.2 Å². The third-order valence-corrected chi connectivity index (χ3v) is 5.87. The van der Waals surface area contributed by atoms with Crippen molar-refractivity contribution in [2.75, 3.05) is 17.6 Å². The molecule has 0 heterocycles. The lowest BCUT2D eigenvalue weighted by molar-refractivity contribution is 0.0940. The van der Waals surface area contributed by atoms with Crippen LogP contribution in [0.5, 0.6) is 0 Å². The minimum atomic E-state index is -3.38. The fourth-order valence-electron chi connectivity index (χ4n) is 2.84. The van der Waals surface area contributed by atoms with Gasteiger partial charge >= 0.3 is 0 Å². The van der Waals surface area contributed by atoms with Crippen LogP contribution in [0.25, 0.3) is 0 Å². The van der Waals surface area contributed by atoms with E-state index in [4.69, 9.17) is 0 Å². The monoisotopic (exact) mass is 374 g/mol. The van der Waals surface area contributed by atoms with E-state index in [9.17, 15) is 13.2 Å². The Labute approximate surface area is 156 Å². The van der Waals surface area contributed by atoms with Crippen LogP contribution in [-0.4, -0.2) is 27.6 Å². The molecule has 1 amide bonds. The normalized spacial score (nSPS) is 12.5. The first kappa shape index (κ1) is 20.0. The zero-order valence-electron chi connectivity index (χ0n) is 16.1. The van der Waals surface area contributed by atoms with Crippen LogP contribution in [0, 0.1) is 20.8 Å². The Kier molecular flexibility index (Phi) is 5.76. The molecule has 0 saturated heterocycles. The number of sulfonamides is 1. The summed E-state index contributed by atoms with van der Waals surface area (Å²) in [5.41, 5.74) is 5.49. The maximum atomic E-state index is 12.6. The minimum Gasteiger partial charge on any atom is -0.346 e. The second-order valence-corrected chi connectivity index (χ2v) is 8.78. The largest absolute Gasteiger partial charge is 0.346 e. The molecule has 0 bridgehead atoms. The summed E-state index contributed by atoms with van der Waals surface area (Å²) in [6.45, 7) is 8.10. The minimum absolute atomic E-state index is 0.155. The summed E-state index contributed by atoms with van der Waals surface area (Å²) in [6.07, 6.45) is 1.13. The van der Waals surface area contributed by atoms with E-state index in [1.54, 1.807) is 24.3 Å². The molecule has 2 rings (SSSR count). The highest BCUT2D eigenvalue weighted by Gasteiger charge is 2.17. The lowest BCUT2D eigenvalue weighted by atomic mass is 9.96. The van der Waals surface area contributed by atoms with Crippen LogP contribution >= 0.6 is 0 Å². The van der Waals surface area contributed by atoms with Crippen LogP contribution in [-0.2, 0) is 10.0 Å². The average molecular weight is 375 g/mol. The molecule has 2 aromatic carbocycles. The van der Waals surface area contributed by atoms with Crippen molar-refractivity contribution in [1.82, 2.24) is 5.32 Å². The number of hydrogen-bond acceptors (Lipinski definition) is 3. The summed E-state index contributed by atoms with van der Waals surface area (Å²) >= 11 is 0. The molecule has 0 fully saturated rings. The Hall–Kier alpha value is -2.34. The zero-order valence-corrected chi connectivity index (χ0v) is 16.9. The molecule has 1 atom stereocenters. The molecule has 0 aliphatic heterocycles. The number of rotatable bonds is 5. The fraction of sp³-hybridized carbons (Fsp3) is 0.350. The number of hydrogen-bond donors (Lipinski definition) is 1. The van der Waals surface area contributed by atoms with Crippen molar-refractivity contribution in [2.45, 2.75) is 33.7 Å². The Morgan fingerprint density at radius 3 is 2.27 bits per heavy atom. The summed E-state index contributed by atoms with van der Waals surface area (Å²) in [5, 5.41) is 3.00. The molecular weight excluding hydrogens is 348 g/mol. The van der Waals surface area contributed by atoms with Gasteiger partial charge in [-0.15, -0.1) is 0 Å². The average Bonchev–Trinajstić information content (AvgIpc) is 2.56. The van der Waals surface area contributed by atoms with Gasteiger partial charge in [0.25, 0.3) is 5.91 Å². The predicted molar refractivity (Wildman–Crippen MR) is 106 cm³/mol. The molecule has 0 unspecified atom stereocenters. The van der Waals surface area contributed by atoms with Gasteiger partial charge in [-0.3, -0.25) is 9.10 Å². The van der Waals surface area contributed by atoms with Crippen LogP contribution < -0.4 is 9.62 Å². The molecule has 0 aliphatic carbocycles. The van der Waals surface area contributed by atoms with Crippen molar-refractivity contribution in [2.24, 2.45) is 0 Å². The van der Waals surface area contributed by atoms with Gasteiger partial charge in [0.05, 0.1) is 18.0 Å². The number of amides is 1. The third-order valence-electron chi connectivity index (χ3n) is 4.67. The number of nitrogens with zero attached hydrogens (tertiary/aromatic N) is 1. The molecule has 0 aromatic heterocycles. The molecule has 5 nitrogen and oxygen atoms in total. The lowest BCUT2D eigenvalue weighted by Crippen LogP contribution is -2.28. The van der Waals surface area contributed by atoms with Crippen LogP contribution in [0.2, 0.25) is 0 Å². The number of carbonyl (C=O) groups excluding carboxylic acids is 1. The topological polar surface area (TPSA) is 66.5 Å². The van der Waals surface area contributed by atoms with Crippen molar-refractivity contribution in [1.29, 1.82) is 0 Å². The number of nitrogens with one attached hydrogen (secondary N) is 1. The molecular formula is C20H26N2O3S. The van der Waals surface area contributed by atoms with Gasteiger partial charge in [-0.2, -0.15) is 0 Å². The summed E-state index contributed by atoms with van der Waals surface area (Å²) in [5.74, 6) is -0.237. The number of aryl methyl sites for hydroxylation is 3. The number of carbonyl (C=O) groups is 1. The van der Waals surface area contributed by atoms with Gasteiger partial charge in [0, 0.05) is 12.6 Å². The number of anilines is 1. The van der Waals surface area contributed by atoms with Crippen LogP contribution in [0.1, 0.15) is 45.6 Å². The Bertz CT molecular complexity index is 936. The first-order valence-corrected chi connectivity index (χ1v) is 10.3. The van der Waals surface area contributed by atoms with Gasteiger partial charge in [-0.05, 0) is 68.1 Å². The molecule has 0 aliphatic rings. The fourth-order valence-corrected chi connectivity index (χ4v) is 3.34. The van der Waals surface area contributed by atoms with Gasteiger partial charge in [0.2, 0.25) is 10.0 Å². The Morgan fingerprint density at radius 2 is 1.65 bits per heavy atom. The summed E-state index contributed by atoms with van der Waals surface area (Å²) in [6, 6.07) is 10.7. The van der Waals surface area contributed by atoms with E-state index in [-0.39, 0.29) is 11.9 Å². The second kappa shape index (κ2) is 7.50. The van der Waals surface area contributed by atoms with Crippen LogP contribution in [0.3, 0.4) is 0 Å². The molecule has 1 N–H and O–H groups in total. The van der Waals surface area contributed by atoms with E-state index in [1.807, 2.05) is 13.8 Å². The maximum absolute atomic E-state index is 12.6. The molecule has 0 spiro atoms. The third kappa shape index (κ3) is 4.43. The van der Waals surface area contributed by atoms with E-state index >= 15 is 0 Å². The molecule has 2 aromatic rings. The summed E-state index contributed by atoms with van der Waals surface area (Å²) in [4.78, 5) is 12.6. The molecule has 0 radical (unpaired) electrons. The maximum Gasteiger partial charge on any atom is 0.251 e. The highest BCUT2D eigenvalue weighted by molar-refractivity contribution is 7.92. The van der Waals surface area contributed by atoms with Gasteiger partial charge in [0.1, 0.15) is 0 Å². The second-order valence-electron chi connectivity index (χ2n) is 6.77. The summed E-state index contributed by atoms with van der Waals surface area (Å²) in [7, 11) is -1.91. The quantitative estimate of drug-likeness (QED) is 0.871. The first-order chi connectivity index (χ1) is 12.0. The molecule has 6 heteroatoms. The van der Waals surface area contributed by atoms with Crippen molar-refractivity contribution in [3.05, 3.63) is 64.2 Å². The van der Waals surface area contributed by atoms with Crippen LogP contribution in [0.15, 0.2) is 36.4 Å². The van der Waals surface area contributed by atoms with Gasteiger partial charge in [-0.1, -0.05) is 18.2 Å². The van der Waals surface area contributed by atoms with Crippen molar-refractivity contribution in [3.8, 4) is 0 Å². The molecule has 140 valence electrons. The van der Waals surface area contributed by atoms with Crippen molar-refractivity contribution < 1.29 is 13.2 Å². The van der Waals surface area contributed by atoms with E-state index in [0.717, 1.165) is 21.7 Å². The van der Waals surface area contributed by atoms with Crippen LogP contribution in [0.4, 0.5) is 5.69 Å². The highest BCUT2D eigenvalue weighted by atomic mass is 32.2. The smallest absolute Gasteiger partial charge is 0.251 e. The first-order valence-electron chi connectivity index (χ1n) is 8.43. The Balaban J connectivity index is 2.24. The van der Waals surface area contributed by atoms with E-state index < -0.39 is 10.0 Å². The van der Waals surface area contributed by atoms with Crippen molar-refractivity contribution in [3.63, 3.8) is 0 Å². The van der Waals surface area contributed by atoms with E-state index in [2.05, 4.69) is 31.3 Å². The summed E-state index contributed by atoms with van der Waals surface area (Å²) < 4.78 is 24.5. The zero-order chi connectivity index (χ0) is 19.6. The van der Waals surface area contributed by atoms with Gasteiger partial charge in [0.15, 0.2) is 0 Å². The lowest BCUT2D eigenvalue weighted by Gasteiger charge is -2.20. The van der Waals surface area contributed by atoms with E-state index in [0.29, 0.717) is 11.3 Å². The Morgan fingerprint density at radius 1 is 1.04 bits per heavy atom.